The number of carbonyl (C=O) groups is 2. The van der Waals surface area contributed by atoms with E-state index >= 15 is 0 Å². The number of nitrogens with two attached hydrogens (primary N) is 1. The Bertz CT molecular complexity index is 766. The highest BCUT2D eigenvalue weighted by atomic mass is 32.1. The first-order valence-electron chi connectivity index (χ1n) is 8.57. The highest BCUT2D eigenvalue weighted by Gasteiger charge is 2.31. The van der Waals surface area contributed by atoms with Crippen molar-refractivity contribution in [1.82, 2.24) is 4.90 Å². The summed E-state index contributed by atoms with van der Waals surface area (Å²) in [4.78, 5) is 27.0. The average Bonchev–Trinajstić information content (AvgIpc) is 3.12. The standard InChI is InChI=1S/C19H24N2O2S/c1-12(2)10-17(22)21-9-5-6-13(21)11-15-14-7-3-4-8-16(14)24-18(15)19(20)23/h3-4,7-8,12-13H,5-6,9-11H2,1-2H3,(H2,20,23)/t13-/m0/s1. The number of thiophene rings is 1. The van der Waals surface area contributed by atoms with Gasteiger partial charge in [-0.1, -0.05) is 32.0 Å². The van der Waals surface area contributed by atoms with Gasteiger partial charge in [0.1, 0.15) is 0 Å². The minimum atomic E-state index is -0.371. The molecule has 1 aliphatic heterocycles. The number of hydrogen-bond donors (Lipinski definition) is 1. The summed E-state index contributed by atoms with van der Waals surface area (Å²) in [5, 5.41) is 1.10. The normalized spacial score (nSPS) is 17.8. The molecule has 1 aliphatic rings. The first-order chi connectivity index (χ1) is 11.5. The van der Waals surface area contributed by atoms with E-state index in [1.54, 1.807) is 0 Å². The van der Waals surface area contributed by atoms with Gasteiger partial charge in [0.05, 0.1) is 4.88 Å². The Kier molecular flexibility index (Phi) is 4.90. The molecule has 2 aromatic rings. The van der Waals surface area contributed by atoms with E-state index < -0.39 is 0 Å². The van der Waals surface area contributed by atoms with Crippen molar-refractivity contribution >= 4 is 33.2 Å². The lowest BCUT2D eigenvalue weighted by Gasteiger charge is -2.26. The molecule has 2 N–H and O–H groups in total. The number of nitrogens with zero attached hydrogens (tertiary/aromatic N) is 1. The lowest BCUT2D eigenvalue weighted by molar-refractivity contribution is -0.132. The number of rotatable bonds is 5. The monoisotopic (exact) mass is 344 g/mol. The summed E-state index contributed by atoms with van der Waals surface area (Å²) in [5.74, 6) is 0.221. The lowest BCUT2D eigenvalue weighted by atomic mass is 10.00. The van der Waals surface area contributed by atoms with E-state index in [0.29, 0.717) is 23.6 Å². The highest BCUT2D eigenvalue weighted by Crippen LogP contribution is 2.34. The molecule has 0 aliphatic carbocycles. The molecular formula is C19H24N2O2S. The molecule has 0 bridgehead atoms. The summed E-state index contributed by atoms with van der Waals surface area (Å²) in [6.45, 7) is 4.96. The Hall–Kier alpha value is -1.88. The fourth-order valence-corrected chi connectivity index (χ4v) is 4.66. The smallest absolute Gasteiger partial charge is 0.259 e. The van der Waals surface area contributed by atoms with Gasteiger partial charge in [0.15, 0.2) is 0 Å². The number of primary amides is 1. The van der Waals surface area contributed by atoms with E-state index in [-0.39, 0.29) is 17.9 Å². The van der Waals surface area contributed by atoms with Crippen LogP contribution in [-0.4, -0.2) is 29.3 Å². The second-order valence-electron chi connectivity index (χ2n) is 6.96. The van der Waals surface area contributed by atoms with Crippen molar-refractivity contribution in [3.8, 4) is 0 Å². The minimum Gasteiger partial charge on any atom is -0.365 e. The zero-order valence-corrected chi connectivity index (χ0v) is 15.1. The van der Waals surface area contributed by atoms with E-state index in [0.717, 1.165) is 35.0 Å². The van der Waals surface area contributed by atoms with Crippen LogP contribution in [0.4, 0.5) is 0 Å². The van der Waals surface area contributed by atoms with Crippen molar-refractivity contribution in [2.45, 2.75) is 45.6 Å². The third-order valence-electron chi connectivity index (χ3n) is 4.64. The van der Waals surface area contributed by atoms with Crippen LogP contribution in [0.25, 0.3) is 10.1 Å². The van der Waals surface area contributed by atoms with Crippen LogP contribution in [0.1, 0.15) is 48.3 Å². The summed E-state index contributed by atoms with van der Waals surface area (Å²) in [5.41, 5.74) is 6.62. The number of fused-ring (bicyclic) bond motifs is 1. The molecule has 24 heavy (non-hydrogen) atoms. The molecule has 0 radical (unpaired) electrons. The van der Waals surface area contributed by atoms with E-state index in [1.165, 1.54) is 11.3 Å². The maximum atomic E-state index is 12.5. The third kappa shape index (κ3) is 3.31. The molecule has 1 aromatic carbocycles. The lowest BCUT2D eigenvalue weighted by Crippen LogP contribution is -2.37. The molecule has 5 heteroatoms. The van der Waals surface area contributed by atoms with Gasteiger partial charge in [-0.25, -0.2) is 0 Å². The maximum absolute atomic E-state index is 12.5. The summed E-state index contributed by atoms with van der Waals surface area (Å²) in [6.07, 6.45) is 3.32. The van der Waals surface area contributed by atoms with Crippen molar-refractivity contribution in [1.29, 1.82) is 0 Å². The van der Waals surface area contributed by atoms with Crippen LogP contribution in [0.15, 0.2) is 24.3 Å². The minimum absolute atomic E-state index is 0.173. The number of benzene rings is 1. The SMILES string of the molecule is CC(C)CC(=O)N1CCC[C@H]1Cc1c(C(N)=O)sc2ccccc12. The van der Waals surface area contributed by atoms with Gasteiger partial charge in [-0.15, -0.1) is 11.3 Å². The van der Waals surface area contributed by atoms with Gasteiger partial charge in [-0.2, -0.15) is 0 Å². The Morgan fingerprint density at radius 3 is 2.79 bits per heavy atom. The van der Waals surface area contributed by atoms with Crippen molar-refractivity contribution in [3.63, 3.8) is 0 Å². The zero-order chi connectivity index (χ0) is 17.3. The van der Waals surface area contributed by atoms with E-state index in [4.69, 9.17) is 5.73 Å². The Morgan fingerprint density at radius 2 is 2.08 bits per heavy atom. The van der Waals surface area contributed by atoms with Crippen LogP contribution < -0.4 is 5.73 Å². The van der Waals surface area contributed by atoms with Crippen LogP contribution >= 0.6 is 11.3 Å². The molecule has 4 nitrogen and oxygen atoms in total. The van der Waals surface area contributed by atoms with E-state index in [2.05, 4.69) is 13.8 Å². The molecule has 1 atom stereocenters. The van der Waals surface area contributed by atoms with Gasteiger partial charge < -0.3 is 10.6 Å². The topological polar surface area (TPSA) is 63.4 Å². The Labute approximate surface area is 146 Å². The van der Waals surface area contributed by atoms with Gasteiger partial charge in [0, 0.05) is 23.7 Å². The number of hydrogen-bond acceptors (Lipinski definition) is 3. The van der Waals surface area contributed by atoms with Gasteiger partial charge in [-0.3, -0.25) is 9.59 Å². The average molecular weight is 344 g/mol. The van der Waals surface area contributed by atoms with Crippen molar-refractivity contribution in [2.75, 3.05) is 6.54 Å². The van der Waals surface area contributed by atoms with Crippen LogP contribution in [0.5, 0.6) is 0 Å². The fraction of sp³-hybridized carbons (Fsp3) is 0.474. The van der Waals surface area contributed by atoms with Crippen LogP contribution in [0.2, 0.25) is 0 Å². The largest absolute Gasteiger partial charge is 0.365 e. The predicted octanol–water partition coefficient (Wildman–Crippen LogP) is 3.58. The molecule has 0 spiro atoms. The molecule has 1 aromatic heterocycles. The van der Waals surface area contributed by atoms with Gasteiger partial charge >= 0.3 is 0 Å². The molecule has 2 heterocycles. The second kappa shape index (κ2) is 6.93. The quantitative estimate of drug-likeness (QED) is 0.901. The molecule has 2 amide bonds. The van der Waals surface area contributed by atoms with Crippen LogP contribution in [0, 0.1) is 5.92 Å². The molecule has 128 valence electrons. The molecule has 3 rings (SSSR count). The van der Waals surface area contributed by atoms with Crippen molar-refractivity contribution in [3.05, 3.63) is 34.7 Å². The summed E-state index contributed by atoms with van der Waals surface area (Å²) in [7, 11) is 0. The van der Waals surface area contributed by atoms with E-state index in [1.807, 2.05) is 29.2 Å². The molecular weight excluding hydrogens is 320 g/mol. The zero-order valence-electron chi connectivity index (χ0n) is 14.2. The van der Waals surface area contributed by atoms with Crippen LogP contribution in [0.3, 0.4) is 0 Å². The highest BCUT2D eigenvalue weighted by molar-refractivity contribution is 7.21. The Morgan fingerprint density at radius 1 is 1.33 bits per heavy atom. The first kappa shape index (κ1) is 17.0. The summed E-state index contributed by atoms with van der Waals surface area (Å²) in [6, 6.07) is 8.20. The fourth-order valence-electron chi connectivity index (χ4n) is 3.58. The number of carbonyl (C=O) groups excluding carboxylic acids is 2. The van der Waals surface area contributed by atoms with Gasteiger partial charge in [-0.05, 0) is 42.2 Å². The number of amides is 2. The number of likely N-dealkylation sites (tertiary alicyclic amines) is 1. The molecule has 0 saturated carbocycles. The second-order valence-corrected chi connectivity index (χ2v) is 8.01. The van der Waals surface area contributed by atoms with Crippen molar-refractivity contribution < 1.29 is 9.59 Å². The van der Waals surface area contributed by atoms with E-state index in [9.17, 15) is 9.59 Å². The van der Waals surface area contributed by atoms with Gasteiger partial charge in [0.2, 0.25) is 5.91 Å². The van der Waals surface area contributed by atoms with Gasteiger partial charge in [0.25, 0.3) is 5.91 Å². The first-order valence-corrected chi connectivity index (χ1v) is 9.38. The third-order valence-corrected chi connectivity index (χ3v) is 5.87. The molecule has 1 saturated heterocycles. The predicted molar refractivity (Wildman–Crippen MR) is 98.2 cm³/mol. The van der Waals surface area contributed by atoms with Crippen LogP contribution in [-0.2, 0) is 11.2 Å². The summed E-state index contributed by atoms with van der Waals surface area (Å²) >= 11 is 1.46. The van der Waals surface area contributed by atoms with Crippen molar-refractivity contribution in [2.24, 2.45) is 11.7 Å². The molecule has 1 fully saturated rings. The Balaban J connectivity index is 1.90. The maximum Gasteiger partial charge on any atom is 0.259 e. The summed E-state index contributed by atoms with van der Waals surface area (Å²) < 4.78 is 1.08. The molecule has 0 unspecified atom stereocenters.